The van der Waals surface area contributed by atoms with E-state index in [9.17, 15) is 9.59 Å². The van der Waals surface area contributed by atoms with E-state index in [1.807, 2.05) is 0 Å². The van der Waals surface area contributed by atoms with Crippen LogP contribution in [0.3, 0.4) is 0 Å². The highest BCUT2D eigenvalue weighted by Gasteiger charge is 2.61. The Bertz CT molecular complexity index is 910. The fourth-order valence-electron chi connectivity index (χ4n) is 5.14. The first-order chi connectivity index (χ1) is 11.7. The number of rotatable bonds is 3. The fraction of sp³-hybridized carbons (Fsp3) is 0.632. The van der Waals surface area contributed by atoms with Crippen molar-refractivity contribution in [3.05, 3.63) is 33.9 Å². The van der Waals surface area contributed by atoms with Crippen molar-refractivity contribution in [2.45, 2.75) is 59.4 Å². The second-order valence-electron chi connectivity index (χ2n) is 8.54. The zero-order valence-electron chi connectivity index (χ0n) is 15.3. The van der Waals surface area contributed by atoms with Gasteiger partial charge in [-0.2, -0.15) is 0 Å². The number of nitrogens with one attached hydrogen (secondary N) is 2. The number of amides is 1. The van der Waals surface area contributed by atoms with E-state index in [1.165, 1.54) is 10.9 Å². The quantitative estimate of drug-likeness (QED) is 0.897. The van der Waals surface area contributed by atoms with Crippen molar-refractivity contribution in [2.75, 3.05) is 0 Å². The van der Waals surface area contributed by atoms with Crippen molar-refractivity contribution in [2.24, 2.45) is 16.7 Å². The van der Waals surface area contributed by atoms with Crippen molar-refractivity contribution in [1.82, 2.24) is 19.9 Å². The van der Waals surface area contributed by atoms with Gasteiger partial charge in [-0.15, -0.1) is 0 Å². The number of nitrogens with zero attached hydrogens (tertiary/aromatic N) is 2. The van der Waals surface area contributed by atoms with E-state index in [4.69, 9.17) is 0 Å². The summed E-state index contributed by atoms with van der Waals surface area (Å²) < 4.78 is 1.39. The number of H-pyrrole nitrogens is 1. The molecule has 2 saturated carbocycles. The lowest BCUT2D eigenvalue weighted by atomic mass is 9.69. The minimum absolute atomic E-state index is 0.0805. The maximum Gasteiger partial charge on any atom is 0.276 e. The van der Waals surface area contributed by atoms with Gasteiger partial charge in [0.2, 0.25) is 5.91 Å². The van der Waals surface area contributed by atoms with Gasteiger partial charge in [-0.25, -0.2) is 9.50 Å². The third kappa shape index (κ3) is 2.19. The first-order valence-corrected chi connectivity index (χ1v) is 9.09. The van der Waals surface area contributed by atoms with Gasteiger partial charge < -0.3 is 5.32 Å². The number of carbonyl (C=O) groups is 1. The van der Waals surface area contributed by atoms with Crippen LogP contribution >= 0.6 is 0 Å². The fourth-order valence-corrected chi connectivity index (χ4v) is 5.14. The topological polar surface area (TPSA) is 79.3 Å². The van der Waals surface area contributed by atoms with Crippen LogP contribution < -0.4 is 10.9 Å². The summed E-state index contributed by atoms with van der Waals surface area (Å²) in [4.78, 5) is 29.7. The van der Waals surface area contributed by atoms with E-state index < -0.39 is 0 Å². The molecular weight excluding hydrogens is 316 g/mol. The molecule has 25 heavy (non-hydrogen) atoms. The largest absolute Gasteiger partial charge is 0.353 e. The average molecular weight is 342 g/mol. The van der Waals surface area contributed by atoms with Crippen LogP contribution in [0.4, 0.5) is 0 Å². The third-order valence-electron chi connectivity index (χ3n) is 7.31. The summed E-state index contributed by atoms with van der Waals surface area (Å²) in [5.41, 5.74) is 1.87. The summed E-state index contributed by atoms with van der Waals surface area (Å²) in [7, 11) is 0. The Morgan fingerprint density at radius 3 is 2.84 bits per heavy atom. The molecule has 0 spiro atoms. The first kappa shape index (κ1) is 16.4. The summed E-state index contributed by atoms with van der Waals surface area (Å²) in [5.74, 6) is 0.593. The van der Waals surface area contributed by atoms with Crippen molar-refractivity contribution in [3.8, 4) is 0 Å². The van der Waals surface area contributed by atoms with Crippen LogP contribution in [0.5, 0.6) is 0 Å². The summed E-state index contributed by atoms with van der Waals surface area (Å²) in [5, 5.41) is 6.08. The van der Waals surface area contributed by atoms with E-state index in [0.29, 0.717) is 22.8 Å². The average Bonchev–Trinajstić information content (AvgIpc) is 3.14. The lowest BCUT2D eigenvalue weighted by Gasteiger charge is -2.39. The minimum Gasteiger partial charge on any atom is -0.353 e. The van der Waals surface area contributed by atoms with Gasteiger partial charge in [0, 0.05) is 29.6 Å². The van der Waals surface area contributed by atoms with E-state index >= 15 is 0 Å². The van der Waals surface area contributed by atoms with Gasteiger partial charge in [0.15, 0.2) is 5.65 Å². The SMILES string of the molecule is Cc1nc2cc[nH]n2c(=O)c1CC(=O)NC1CC2CCC1(C)C2(C)C. The number of fused-ring (bicyclic) bond motifs is 3. The molecule has 4 rings (SSSR count). The van der Waals surface area contributed by atoms with Crippen LogP contribution in [0.2, 0.25) is 0 Å². The number of carbonyl (C=O) groups excluding carboxylic acids is 1. The van der Waals surface area contributed by atoms with E-state index in [-0.39, 0.29) is 34.8 Å². The van der Waals surface area contributed by atoms with Crippen LogP contribution in [0.1, 0.15) is 51.3 Å². The predicted octanol–water partition coefficient (Wildman–Crippen LogP) is 2.20. The molecule has 2 bridgehead atoms. The molecule has 6 nitrogen and oxygen atoms in total. The van der Waals surface area contributed by atoms with Crippen molar-refractivity contribution in [3.63, 3.8) is 0 Å². The van der Waals surface area contributed by atoms with Gasteiger partial charge >= 0.3 is 0 Å². The zero-order chi connectivity index (χ0) is 18.0. The highest BCUT2D eigenvalue weighted by Crippen LogP contribution is 2.65. The standard InChI is InChI=1S/C19H26N4O2/c1-11-13(17(25)23-15(21-11)6-8-20-23)10-16(24)22-14-9-12-5-7-19(14,4)18(12,2)3/h6,8,12,14,20H,5,7,9-10H2,1-4H3,(H,22,24). The van der Waals surface area contributed by atoms with E-state index in [2.05, 4.69) is 36.2 Å². The number of hydrogen-bond donors (Lipinski definition) is 2. The van der Waals surface area contributed by atoms with Crippen LogP contribution in [0.15, 0.2) is 17.1 Å². The molecule has 0 radical (unpaired) electrons. The molecule has 2 aliphatic rings. The normalized spacial score (nSPS) is 30.1. The Morgan fingerprint density at radius 1 is 1.44 bits per heavy atom. The zero-order valence-corrected chi connectivity index (χ0v) is 15.3. The molecule has 3 unspecified atom stereocenters. The molecule has 134 valence electrons. The van der Waals surface area contributed by atoms with Crippen LogP contribution in [-0.2, 0) is 11.2 Å². The van der Waals surface area contributed by atoms with Gasteiger partial charge in [0.1, 0.15) is 0 Å². The van der Waals surface area contributed by atoms with Crippen molar-refractivity contribution < 1.29 is 4.79 Å². The maximum atomic E-state index is 12.7. The lowest BCUT2D eigenvalue weighted by molar-refractivity contribution is -0.122. The lowest BCUT2D eigenvalue weighted by Crippen LogP contribution is -2.47. The van der Waals surface area contributed by atoms with E-state index in [0.717, 1.165) is 12.8 Å². The smallest absolute Gasteiger partial charge is 0.276 e. The molecule has 2 aromatic rings. The first-order valence-electron chi connectivity index (χ1n) is 9.09. The molecule has 3 atom stereocenters. The van der Waals surface area contributed by atoms with Gasteiger partial charge in [-0.1, -0.05) is 20.8 Å². The summed E-state index contributed by atoms with van der Waals surface area (Å²) in [6, 6.07) is 1.94. The van der Waals surface area contributed by atoms with Gasteiger partial charge in [0.05, 0.1) is 6.42 Å². The van der Waals surface area contributed by atoms with Crippen molar-refractivity contribution >= 4 is 11.6 Å². The molecule has 2 aromatic heterocycles. The van der Waals surface area contributed by atoms with Gasteiger partial charge in [-0.3, -0.25) is 14.7 Å². The monoisotopic (exact) mass is 342 g/mol. The molecule has 6 heteroatoms. The van der Waals surface area contributed by atoms with E-state index in [1.54, 1.807) is 19.2 Å². The Kier molecular flexibility index (Phi) is 3.40. The Balaban J connectivity index is 1.55. The Hall–Kier alpha value is -2.11. The summed E-state index contributed by atoms with van der Waals surface area (Å²) in [6.07, 6.45) is 5.21. The number of aromatic nitrogens is 3. The molecule has 1 amide bonds. The maximum absolute atomic E-state index is 12.7. The molecule has 2 fully saturated rings. The highest BCUT2D eigenvalue weighted by atomic mass is 16.2. The molecular formula is C19H26N4O2. The van der Waals surface area contributed by atoms with Crippen LogP contribution in [-0.4, -0.2) is 26.5 Å². The number of hydrogen-bond acceptors (Lipinski definition) is 3. The Morgan fingerprint density at radius 2 is 2.20 bits per heavy atom. The molecule has 2 aliphatic carbocycles. The van der Waals surface area contributed by atoms with Gasteiger partial charge in [0.25, 0.3) is 5.56 Å². The minimum atomic E-state index is -0.192. The second kappa shape index (κ2) is 5.19. The van der Waals surface area contributed by atoms with Crippen LogP contribution in [0.25, 0.3) is 5.65 Å². The summed E-state index contributed by atoms with van der Waals surface area (Å²) >= 11 is 0. The molecule has 0 aliphatic heterocycles. The molecule has 0 aromatic carbocycles. The number of aromatic amines is 1. The predicted molar refractivity (Wildman–Crippen MR) is 95.4 cm³/mol. The van der Waals surface area contributed by atoms with Gasteiger partial charge in [-0.05, 0) is 42.9 Å². The Labute approximate surface area is 147 Å². The third-order valence-corrected chi connectivity index (χ3v) is 7.31. The second-order valence-corrected chi connectivity index (χ2v) is 8.54. The van der Waals surface area contributed by atoms with Crippen LogP contribution in [0, 0.1) is 23.7 Å². The summed E-state index contributed by atoms with van der Waals surface area (Å²) in [6.45, 7) is 8.75. The van der Waals surface area contributed by atoms with Crippen molar-refractivity contribution in [1.29, 1.82) is 0 Å². The molecule has 2 heterocycles. The number of aryl methyl sites for hydroxylation is 1. The molecule has 2 N–H and O–H groups in total. The highest BCUT2D eigenvalue weighted by molar-refractivity contribution is 5.79. The molecule has 0 saturated heterocycles.